The van der Waals surface area contributed by atoms with Gasteiger partial charge in [0.2, 0.25) is 11.8 Å². The first-order valence-corrected chi connectivity index (χ1v) is 12.0. The van der Waals surface area contributed by atoms with Gasteiger partial charge in [0.1, 0.15) is 23.4 Å². The van der Waals surface area contributed by atoms with Crippen LogP contribution in [0.2, 0.25) is 0 Å². The highest BCUT2D eigenvalue weighted by atomic mass is 32.1. The summed E-state index contributed by atoms with van der Waals surface area (Å²) in [5.41, 5.74) is 2.01. The summed E-state index contributed by atoms with van der Waals surface area (Å²) in [7, 11) is 1.61. The molecule has 2 aromatic carbocycles. The third-order valence-corrected chi connectivity index (χ3v) is 5.70. The number of anilines is 1. The van der Waals surface area contributed by atoms with Gasteiger partial charge in [0.15, 0.2) is 5.13 Å². The second-order valence-corrected chi connectivity index (χ2v) is 8.66. The minimum atomic E-state index is -0.312. The van der Waals surface area contributed by atoms with Crippen LogP contribution in [-0.2, 0) is 11.2 Å². The fraction of sp³-hybridized carbons (Fsp3) is 0.280. The number of nitrogens with zero attached hydrogens (tertiary/aromatic N) is 3. The van der Waals surface area contributed by atoms with E-state index in [-0.39, 0.29) is 12.0 Å². The summed E-state index contributed by atoms with van der Waals surface area (Å²) in [4.78, 5) is 17.2. The van der Waals surface area contributed by atoms with Crippen molar-refractivity contribution in [1.82, 2.24) is 15.2 Å². The molecule has 0 fully saturated rings. The quantitative estimate of drug-likeness (QED) is 0.307. The van der Waals surface area contributed by atoms with E-state index in [1.165, 1.54) is 11.3 Å². The Labute approximate surface area is 207 Å². The number of hydrogen-bond donors (Lipinski definition) is 1. The summed E-state index contributed by atoms with van der Waals surface area (Å²) in [6, 6.07) is 12.3. The minimum Gasteiger partial charge on any atom is -0.488 e. The van der Waals surface area contributed by atoms with E-state index in [4.69, 9.17) is 18.6 Å². The molecule has 0 aliphatic carbocycles. The molecule has 1 atom stereocenters. The SMILES string of the molecule is CCc1nnc(-c2ccc(Oc3cc(OC(C)COC)cc(C(=O)Nc4nc(C)cs4)c3)cc2)o1. The molecule has 0 radical (unpaired) electrons. The molecular formula is C25H26N4O5S. The lowest BCUT2D eigenvalue weighted by Gasteiger charge is -2.16. The molecule has 2 aromatic heterocycles. The molecule has 1 unspecified atom stereocenters. The van der Waals surface area contributed by atoms with Crippen LogP contribution in [0.3, 0.4) is 0 Å². The molecule has 9 nitrogen and oxygen atoms in total. The lowest BCUT2D eigenvalue weighted by atomic mass is 10.1. The van der Waals surface area contributed by atoms with Gasteiger partial charge in [0, 0.05) is 36.1 Å². The van der Waals surface area contributed by atoms with Crippen LogP contribution in [0.15, 0.2) is 52.3 Å². The Morgan fingerprint density at radius 1 is 1.11 bits per heavy atom. The Kier molecular flexibility index (Phi) is 7.74. The van der Waals surface area contributed by atoms with Crippen LogP contribution in [0.4, 0.5) is 5.13 Å². The van der Waals surface area contributed by atoms with E-state index >= 15 is 0 Å². The Bertz CT molecular complexity index is 1290. The summed E-state index contributed by atoms with van der Waals surface area (Å²) in [6.45, 7) is 6.11. The van der Waals surface area contributed by atoms with Crippen molar-refractivity contribution in [2.75, 3.05) is 19.0 Å². The Balaban J connectivity index is 1.56. The number of carbonyl (C=O) groups excluding carboxylic acids is 1. The number of aryl methyl sites for hydroxylation is 2. The van der Waals surface area contributed by atoms with Gasteiger partial charge in [0.05, 0.1) is 12.3 Å². The van der Waals surface area contributed by atoms with Crippen LogP contribution in [0, 0.1) is 6.92 Å². The maximum absolute atomic E-state index is 12.9. The van der Waals surface area contributed by atoms with Crippen molar-refractivity contribution in [2.45, 2.75) is 33.3 Å². The molecule has 0 bridgehead atoms. The highest BCUT2D eigenvalue weighted by molar-refractivity contribution is 7.13. The Morgan fingerprint density at radius 2 is 1.89 bits per heavy atom. The molecule has 182 valence electrons. The van der Waals surface area contributed by atoms with Gasteiger partial charge in [-0.05, 0) is 50.2 Å². The molecule has 2 heterocycles. The van der Waals surface area contributed by atoms with Crippen molar-refractivity contribution in [1.29, 1.82) is 0 Å². The van der Waals surface area contributed by atoms with Gasteiger partial charge in [-0.2, -0.15) is 0 Å². The zero-order chi connectivity index (χ0) is 24.8. The average Bonchev–Trinajstić information content (AvgIpc) is 3.48. The maximum atomic E-state index is 12.9. The van der Waals surface area contributed by atoms with Gasteiger partial charge >= 0.3 is 0 Å². The van der Waals surface area contributed by atoms with Crippen LogP contribution >= 0.6 is 11.3 Å². The fourth-order valence-electron chi connectivity index (χ4n) is 3.23. The standard InChI is InChI=1S/C25H26N4O5S/c1-5-22-28-29-24(34-22)17-6-8-19(9-7-17)33-21-11-18(10-20(12-21)32-16(3)13-31-4)23(30)27-25-26-15(2)14-35-25/h6-12,14,16H,5,13H2,1-4H3,(H,26,27,30). The van der Waals surface area contributed by atoms with E-state index in [1.807, 2.05) is 38.3 Å². The lowest BCUT2D eigenvalue weighted by Crippen LogP contribution is -2.18. The Hall–Kier alpha value is -3.76. The molecule has 0 aliphatic heterocycles. The van der Waals surface area contributed by atoms with Gasteiger partial charge in [-0.15, -0.1) is 21.5 Å². The van der Waals surface area contributed by atoms with E-state index in [0.29, 0.717) is 52.8 Å². The predicted molar refractivity (Wildman–Crippen MR) is 132 cm³/mol. The molecule has 4 aromatic rings. The maximum Gasteiger partial charge on any atom is 0.257 e. The molecule has 35 heavy (non-hydrogen) atoms. The first kappa shape index (κ1) is 24.4. The summed E-state index contributed by atoms with van der Waals surface area (Å²) >= 11 is 1.36. The van der Waals surface area contributed by atoms with Gasteiger partial charge in [-0.3, -0.25) is 10.1 Å². The third kappa shape index (κ3) is 6.43. The molecule has 1 amide bonds. The van der Waals surface area contributed by atoms with Crippen LogP contribution < -0.4 is 14.8 Å². The summed E-state index contributed by atoms with van der Waals surface area (Å²) < 4.78 is 22.8. The number of carbonyl (C=O) groups is 1. The van der Waals surface area contributed by atoms with Gasteiger partial charge in [-0.25, -0.2) is 4.98 Å². The smallest absolute Gasteiger partial charge is 0.257 e. The number of methoxy groups -OCH3 is 1. The molecular weight excluding hydrogens is 468 g/mol. The number of benzene rings is 2. The number of hydrogen-bond acceptors (Lipinski definition) is 9. The zero-order valence-electron chi connectivity index (χ0n) is 19.9. The highest BCUT2D eigenvalue weighted by Crippen LogP contribution is 2.30. The van der Waals surface area contributed by atoms with E-state index in [2.05, 4.69) is 20.5 Å². The van der Waals surface area contributed by atoms with Gasteiger partial charge < -0.3 is 18.6 Å². The van der Waals surface area contributed by atoms with E-state index in [0.717, 1.165) is 11.3 Å². The third-order valence-electron chi connectivity index (χ3n) is 4.83. The normalized spacial score (nSPS) is 11.8. The first-order valence-electron chi connectivity index (χ1n) is 11.1. The van der Waals surface area contributed by atoms with Crippen LogP contribution in [0.1, 0.15) is 35.8 Å². The van der Waals surface area contributed by atoms with Gasteiger partial charge in [-0.1, -0.05) is 6.92 Å². The van der Waals surface area contributed by atoms with Crippen LogP contribution in [-0.4, -0.2) is 40.9 Å². The molecule has 4 rings (SSSR count). The fourth-order valence-corrected chi connectivity index (χ4v) is 3.91. The van der Waals surface area contributed by atoms with E-state index in [9.17, 15) is 4.79 Å². The van der Waals surface area contributed by atoms with Crippen molar-refractivity contribution in [3.05, 3.63) is 65.0 Å². The second-order valence-electron chi connectivity index (χ2n) is 7.81. The van der Waals surface area contributed by atoms with Crippen molar-refractivity contribution in [3.63, 3.8) is 0 Å². The predicted octanol–water partition coefficient (Wildman–Crippen LogP) is 5.52. The average molecular weight is 495 g/mol. The van der Waals surface area contributed by atoms with Gasteiger partial charge in [0.25, 0.3) is 5.91 Å². The largest absolute Gasteiger partial charge is 0.488 e. The van der Waals surface area contributed by atoms with Crippen molar-refractivity contribution < 1.29 is 23.4 Å². The molecule has 0 aliphatic rings. The number of nitrogens with one attached hydrogen (secondary N) is 1. The minimum absolute atomic E-state index is 0.213. The number of aromatic nitrogens is 3. The monoisotopic (exact) mass is 494 g/mol. The zero-order valence-corrected chi connectivity index (χ0v) is 20.7. The molecule has 1 N–H and O–H groups in total. The van der Waals surface area contributed by atoms with Crippen molar-refractivity contribution in [3.8, 4) is 28.7 Å². The number of thiazole rings is 1. The molecule has 0 spiro atoms. The summed E-state index contributed by atoms with van der Waals surface area (Å²) in [5.74, 6) is 2.24. The van der Waals surface area contributed by atoms with Crippen LogP contribution in [0.5, 0.6) is 17.2 Å². The molecule has 10 heteroatoms. The lowest BCUT2D eigenvalue weighted by molar-refractivity contribution is 0.0916. The van der Waals surface area contributed by atoms with E-state index in [1.54, 1.807) is 37.4 Å². The highest BCUT2D eigenvalue weighted by Gasteiger charge is 2.15. The number of rotatable bonds is 10. The molecule has 0 saturated heterocycles. The summed E-state index contributed by atoms with van der Waals surface area (Å²) in [5, 5.41) is 13.3. The van der Waals surface area contributed by atoms with Crippen molar-refractivity contribution >= 4 is 22.4 Å². The topological polar surface area (TPSA) is 109 Å². The Morgan fingerprint density at radius 3 is 2.54 bits per heavy atom. The first-order chi connectivity index (χ1) is 16.9. The van der Waals surface area contributed by atoms with Crippen molar-refractivity contribution in [2.24, 2.45) is 0 Å². The van der Waals surface area contributed by atoms with E-state index < -0.39 is 0 Å². The second kappa shape index (κ2) is 11.1. The summed E-state index contributed by atoms with van der Waals surface area (Å²) in [6.07, 6.45) is 0.461. The molecule has 0 saturated carbocycles. The number of amides is 1. The van der Waals surface area contributed by atoms with Crippen LogP contribution in [0.25, 0.3) is 11.5 Å². The number of ether oxygens (including phenoxy) is 3.